The van der Waals surface area contributed by atoms with Gasteiger partial charge in [0.15, 0.2) is 0 Å². The highest BCUT2D eigenvalue weighted by Crippen LogP contribution is 2.24. The minimum Gasteiger partial charge on any atom is -0.496 e. The van der Waals surface area contributed by atoms with Crippen LogP contribution in [-0.4, -0.2) is 26.1 Å². The van der Waals surface area contributed by atoms with Crippen LogP contribution in [0.1, 0.15) is 15.2 Å². The summed E-state index contributed by atoms with van der Waals surface area (Å²) in [6.07, 6.45) is 0.167. The summed E-state index contributed by atoms with van der Waals surface area (Å²) >= 11 is 1.22. The summed E-state index contributed by atoms with van der Waals surface area (Å²) in [5.41, 5.74) is 1.25. The maximum Gasteiger partial charge on any atom is 0.350 e. The van der Waals surface area contributed by atoms with E-state index in [0.717, 1.165) is 5.56 Å². The molecule has 0 aliphatic rings. The molecule has 1 aromatic carbocycles. The lowest BCUT2D eigenvalue weighted by atomic mass is 10.1. The van der Waals surface area contributed by atoms with Gasteiger partial charge in [-0.3, -0.25) is 4.79 Å². The van der Waals surface area contributed by atoms with Crippen molar-refractivity contribution in [2.45, 2.75) is 6.42 Å². The van der Waals surface area contributed by atoms with E-state index in [4.69, 9.17) is 4.74 Å². The van der Waals surface area contributed by atoms with Crippen LogP contribution in [0.15, 0.2) is 35.7 Å². The first-order valence-electron chi connectivity index (χ1n) is 6.23. The van der Waals surface area contributed by atoms with E-state index in [2.05, 4.69) is 10.1 Å². The molecule has 0 aliphatic heterocycles. The first-order chi connectivity index (χ1) is 10.2. The summed E-state index contributed by atoms with van der Waals surface area (Å²) in [5, 5.41) is 4.45. The molecule has 6 heteroatoms. The zero-order valence-corrected chi connectivity index (χ0v) is 12.5. The molecule has 110 valence electrons. The minimum atomic E-state index is -0.461. The molecule has 1 aromatic heterocycles. The molecule has 0 aliphatic carbocycles. The van der Waals surface area contributed by atoms with Crippen molar-refractivity contribution in [3.05, 3.63) is 46.2 Å². The zero-order valence-electron chi connectivity index (χ0n) is 11.7. The first kappa shape index (κ1) is 15.1. The van der Waals surface area contributed by atoms with E-state index in [9.17, 15) is 9.59 Å². The van der Waals surface area contributed by atoms with E-state index in [0.29, 0.717) is 16.3 Å². The highest BCUT2D eigenvalue weighted by atomic mass is 32.1. The molecule has 0 unspecified atom stereocenters. The Hall–Kier alpha value is -2.34. The van der Waals surface area contributed by atoms with E-state index in [1.54, 1.807) is 24.6 Å². The van der Waals surface area contributed by atoms with Crippen LogP contribution in [0.3, 0.4) is 0 Å². The van der Waals surface area contributed by atoms with Crippen molar-refractivity contribution in [2.24, 2.45) is 0 Å². The molecule has 1 N–H and O–H groups in total. The van der Waals surface area contributed by atoms with Crippen molar-refractivity contribution in [3.8, 4) is 5.75 Å². The molecular weight excluding hydrogens is 290 g/mol. The molecule has 2 rings (SSSR count). The molecule has 0 radical (unpaired) electrons. The highest BCUT2D eigenvalue weighted by Gasteiger charge is 2.16. The lowest BCUT2D eigenvalue weighted by molar-refractivity contribution is -0.115. The normalized spacial score (nSPS) is 10.0. The number of benzene rings is 1. The SMILES string of the molecule is COC(=O)c1sccc1NC(=O)Cc1ccccc1OC. The van der Waals surface area contributed by atoms with E-state index < -0.39 is 5.97 Å². The van der Waals surface area contributed by atoms with Gasteiger partial charge in [-0.15, -0.1) is 11.3 Å². The van der Waals surface area contributed by atoms with E-state index in [1.165, 1.54) is 18.4 Å². The number of ether oxygens (including phenoxy) is 2. The van der Waals surface area contributed by atoms with Crippen molar-refractivity contribution in [3.63, 3.8) is 0 Å². The second-order valence-electron chi connectivity index (χ2n) is 4.19. The number of carbonyl (C=O) groups is 2. The predicted molar refractivity (Wildman–Crippen MR) is 81.0 cm³/mol. The van der Waals surface area contributed by atoms with Gasteiger partial charge in [0, 0.05) is 5.56 Å². The number of thiophene rings is 1. The third-order valence-corrected chi connectivity index (χ3v) is 3.75. The lowest BCUT2D eigenvalue weighted by Crippen LogP contribution is -2.16. The number of methoxy groups -OCH3 is 2. The van der Waals surface area contributed by atoms with E-state index >= 15 is 0 Å². The summed E-state index contributed by atoms with van der Waals surface area (Å²) in [7, 11) is 2.87. The van der Waals surface area contributed by atoms with Crippen LogP contribution >= 0.6 is 11.3 Å². The Morgan fingerprint density at radius 2 is 1.95 bits per heavy atom. The summed E-state index contributed by atoms with van der Waals surface area (Å²) < 4.78 is 9.88. The number of carbonyl (C=O) groups excluding carboxylic acids is 2. The van der Waals surface area contributed by atoms with Crippen molar-refractivity contribution in [1.29, 1.82) is 0 Å². The number of esters is 1. The second kappa shape index (κ2) is 6.90. The third kappa shape index (κ3) is 3.61. The van der Waals surface area contributed by atoms with E-state index in [-0.39, 0.29) is 12.3 Å². The summed E-state index contributed by atoms with van der Waals surface area (Å²) in [4.78, 5) is 24.0. The maximum atomic E-state index is 12.1. The Bertz CT molecular complexity index is 651. The molecule has 0 atom stereocenters. The Morgan fingerprint density at radius 3 is 2.67 bits per heavy atom. The van der Waals surface area contributed by atoms with Gasteiger partial charge in [-0.1, -0.05) is 18.2 Å². The van der Waals surface area contributed by atoms with Crippen LogP contribution in [0.25, 0.3) is 0 Å². The van der Waals surface area contributed by atoms with Crippen molar-refractivity contribution in [1.82, 2.24) is 0 Å². The molecule has 0 saturated heterocycles. The first-order valence-corrected chi connectivity index (χ1v) is 7.11. The molecule has 1 amide bonds. The average Bonchev–Trinajstić information content (AvgIpc) is 2.95. The van der Waals surface area contributed by atoms with Crippen molar-refractivity contribution in [2.75, 3.05) is 19.5 Å². The van der Waals surface area contributed by atoms with Gasteiger partial charge in [-0.05, 0) is 17.5 Å². The van der Waals surface area contributed by atoms with Crippen LogP contribution < -0.4 is 10.1 Å². The lowest BCUT2D eigenvalue weighted by Gasteiger charge is -2.09. The minimum absolute atomic E-state index is 0.167. The van der Waals surface area contributed by atoms with Gasteiger partial charge >= 0.3 is 5.97 Å². The predicted octanol–water partition coefficient (Wildman–Crippen LogP) is 2.72. The summed E-state index contributed by atoms with van der Waals surface area (Å²) in [5.74, 6) is -0.0215. The molecule has 0 bridgehead atoms. The Morgan fingerprint density at radius 1 is 1.19 bits per heavy atom. The fraction of sp³-hybridized carbons (Fsp3) is 0.200. The third-order valence-electron chi connectivity index (χ3n) is 2.85. The zero-order chi connectivity index (χ0) is 15.2. The number of rotatable bonds is 5. The fourth-order valence-corrected chi connectivity index (χ4v) is 2.64. The van der Waals surface area contributed by atoms with Gasteiger partial charge in [0.25, 0.3) is 0 Å². The number of amides is 1. The monoisotopic (exact) mass is 305 g/mol. The molecule has 21 heavy (non-hydrogen) atoms. The number of para-hydroxylation sites is 1. The van der Waals surface area contributed by atoms with Crippen molar-refractivity contribution >= 4 is 28.9 Å². The van der Waals surface area contributed by atoms with Gasteiger partial charge in [-0.2, -0.15) is 0 Å². The largest absolute Gasteiger partial charge is 0.496 e. The maximum absolute atomic E-state index is 12.1. The molecular formula is C15H15NO4S. The van der Waals surface area contributed by atoms with Gasteiger partial charge < -0.3 is 14.8 Å². The smallest absolute Gasteiger partial charge is 0.350 e. The number of nitrogens with one attached hydrogen (secondary N) is 1. The molecule has 5 nitrogen and oxygen atoms in total. The molecule has 1 heterocycles. The Labute approximate surface area is 126 Å². The summed E-state index contributed by atoms with van der Waals surface area (Å²) in [6, 6.07) is 8.99. The molecule has 0 saturated carbocycles. The number of anilines is 1. The van der Waals surface area contributed by atoms with Gasteiger partial charge in [0.05, 0.1) is 26.3 Å². The summed E-state index contributed by atoms with van der Waals surface area (Å²) in [6.45, 7) is 0. The molecule has 0 spiro atoms. The van der Waals surface area contributed by atoms with Crippen LogP contribution in [0.5, 0.6) is 5.75 Å². The topological polar surface area (TPSA) is 64.6 Å². The second-order valence-corrected chi connectivity index (χ2v) is 5.11. The quantitative estimate of drug-likeness (QED) is 0.863. The molecule has 2 aromatic rings. The van der Waals surface area contributed by atoms with Crippen molar-refractivity contribution < 1.29 is 19.1 Å². The van der Waals surface area contributed by atoms with Gasteiger partial charge in [0.2, 0.25) is 5.91 Å². The number of hydrogen-bond donors (Lipinski definition) is 1. The fourth-order valence-electron chi connectivity index (χ4n) is 1.87. The van der Waals surface area contributed by atoms with Gasteiger partial charge in [0.1, 0.15) is 10.6 Å². The number of hydrogen-bond acceptors (Lipinski definition) is 5. The van der Waals surface area contributed by atoms with Gasteiger partial charge in [-0.25, -0.2) is 4.79 Å². The Balaban J connectivity index is 2.09. The van der Waals surface area contributed by atoms with Crippen LogP contribution in [0, 0.1) is 0 Å². The standard InChI is InChI=1S/C15H15NO4S/c1-19-12-6-4-3-5-10(12)9-13(17)16-11-7-8-21-14(11)15(18)20-2/h3-8H,9H2,1-2H3,(H,16,17). The van der Waals surface area contributed by atoms with Crippen LogP contribution in [-0.2, 0) is 16.0 Å². The average molecular weight is 305 g/mol. The van der Waals surface area contributed by atoms with E-state index in [1.807, 2.05) is 18.2 Å². The highest BCUT2D eigenvalue weighted by molar-refractivity contribution is 7.12. The van der Waals surface area contributed by atoms with Crippen LogP contribution in [0.4, 0.5) is 5.69 Å². The van der Waals surface area contributed by atoms with Crippen LogP contribution in [0.2, 0.25) is 0 Å². The Kier molecular flexibility index (Phi) is 4.94. The molecule has 0 fully saturated rings.